The number of aromatic nitrogens is 2. The van der Waals surface area contributed by atoms with Gasteiger partial charge in [-0.2, -0.15) is 0 Å². The van der Waals surface area contributed by atoms with Crippen LogP contribution >= 0.6 is 0 Å². The second-order valence-corrected chi connectivity index (χ2v) is 6.52. The van der Waals surface area contributed by atoms with Crippen molar-refractivity contribution < 1.29 is 4.79 Å². The Labute approximate surface area is 138 Å². The molecule has 3 rings (SSSR count). The van der Waals surface area contributed by atoms with E-state index in [1.54, 1.807) is 6.33 Å². The first kappa shape index (κ1) is 16.0. The van der Waals surface area contributed by atoms with Crippen molar-refractivity contribution in [3.05, 3.63) is 30.2 Å². The highest BCUT2D eigenvalue weighted by Crippen LogP contribution is 2.21. The van der Waals surface area contributed by atoms with Crippen LogP contribution in [0.1, 0.15) is 44.7 Å². The molecule has 0 unspecified atom stereocenters. The predicted molar refractivity (Wildman–Crippen MR) is 91.3 cm³/mol. The lowest BCUT2D eigenvalue weighted by Crippen LogP contribution is -2.45. The Morgan fingerprint density at radius 1 is 1.30 bits per heavy atom. The van der Waals surface area contributed by atoms with Gasteiger partial charge in [0.1, 0.15) is 12.1 Å². The zero-order valence-corrected chi connectivity index (χ0v) is 13.9. The number of allylic oxidation sites excluding steroid dienone is 2. The molecule has 0 saturated carbocycles. The largest absolute Gasteiger partial charge is 0.356 e. The molecule has 1 amide bonds. The lowest BCUT2D eigenvalue weighted by molar-refractivity contribution is -0.122. The van der Waals surface area contributed by atoms with Crippen LogP contribution in [0.3, 0.4) is 0 Å². The van der Waals surface area contributed by atoms with Crippen LogP contribution in [0.25, 0.3) is 0 Å². The molecule has 1 saturated heterocycles. The highest BCUT2D eigenvalue weighted by Gasteiger charge is 2.23. The highest BCUT2D eigenvalue weighted by molar-refractivity contribution is 5.76. The van der Waals surface area contributed by atoms with Gasteiger partial charge in [-0.3, -0.25) is 4.79 Å². The van der Waals surface area contributed by atoms with Crippen molar-refractivity contribution in [2.45, 2.75) is 51.5 Å². The molecular formula is C18H26N4O. The molecule has 0 aromatic carbocycles. The van der Waals surface area contributed by atoms with Crippen LogP contribution in [0.15, 0.2) is 24.5 Å². The maximum atomic E-state index is 12.1. The van der Waals surface area contributed by atoms with Gasteiger partial charge in [-0.1, -0.05) is 19.1 Å². The van der Waals surface area contributed by atoms with Gasteiger partial charge in [0, 0.05) is 37.3 Å². The average Bonchev–Trinajstić information content (AvgIpc) is 3.08. The quantitative estimate of drug-likeness (QED) is 0.848. The molecule has 0 radical (unpaired) electrons. The number of carbonyl (C=O) groups excluding carboxylic acids is 1. The third kappa shape index (κ3) is 4.30. The summed E-state index contributed by atoms with van der Waals surface area (Å²) in [6.07, 6.45) is 11.8. The molecule has 1 atom stereocenters. The molecule has 1 N–H and O–H groups in total. The predicted octanol–water partition coefficient (Wildman–Crippen LogP) is 2.48. The molecule has 0 bridgehead atoms. The summed E-state index contributed by atoms with van der Waals surface area (Å²) in [5.74, 6) is 1.66. The van der Waals surface area contributed by atoms with E-state index in [9.17, 15) is 4.79 Å². The fourth-order valence-electron chi connectivity index (χ4n) is 3.39. The Kier molecular flexibility index (Phi) is 5.26. The minimum Gasteiger partial charge on any atom is -0.356 e. The number of amides is 1. The van der Waals surface area contributed by atoms with E-state index in [0.717, 1.165) is 56.7 Å². The molecule has 0 spiro atoms. The summed E-state index contributed by atoms with van der Waals surface area (Å²) < 4.78 is 0. The van der Waals surface area contributed by atoms with Crippen LogP contribution in [-0.2, 0) is 11.2 Å². The van der Waals surface area contributed by atoms with Crippen LogP contribution in [-0.4, -0.2) is 35.0 Å². The second kappa shape index (κ2) is 7.57. The number of piperidine rings is 1. The van der Waals surface area contributed by atoms with E-state index in [-0.39, 0.29) is 5.91 Å². The topological polar surface area (TPSA) is 58.1 Å². The Morgan fingerprint density at radius 3 is 2.83 bits per heavy atom. The van der Waals surface area contributed by atoms with Gasteiger partial charge in [-0.05, 0) is 38.0 Å². The SMILES string of the molecule is CCc1cc(N2CCC(NC(=O)C[C@@H]3C=CCC3)CC2)ncn1. The van der Waals surface area contributed by atoms with Crippen LogP contribution in [0, 0.1) is 5.92 Å². The van der Waals surface area contributed by atoms with Gasteiger partial charge in [0.15, 0.2) is 0 Å². The Hall–Kier alpha value is -1.91. The molecule has 1 aromatic heterocycles. The van der Waals surface area contributed by atoms with Crippen molar-refractivity contribution in [2.24, 2.45) is 5.92 Å². The van der Waals surface area contributed by atoms with Crippen molar-refractivity contribution in [1.82, 2.24) is 15.3 Å². The number of nitrogens with one attached hydrogen (secondary N) is 1. The fraction of sp³-hybridized carbons (Fsp3) is 0.611. The third-order valence-corrected chi connectivity index (χ3v) is 4.82. The van der Waals surface area contributed by atoms with Gasteiger partial charge in [0.2, 0.25) is 5.91 Å². The number of aryl methyl sites for hydroxylation is 1. The number of hydrogen-bond donors (Lipinski definition) is 1. The zero-order valence-electron chi connectivity index (χ0n) is 13.9. The lowest BCUT2D eigenvalue weighted by atomic mass is 10.0. The summed E-state index contributed by atoms with van der Waals surface area (Å²) in [6.45, 7) is 3.98. The molecule has 1 aromatic rings. The van der Waals surface area contributed by atoms with E-state index in [1.165, 1.54) is 0 Å². The maximum absolute atomic E-state index is 12.1. The summed E-state index contributed by atoms with van der Waals surface area (Å²) in [5, 5.41) is 3.21. The third-order valence-electron chi connectivity index (χ3n) is 4.82. The van der Waals surface area contributed by atoms with Gasteiger partial charge in [0.05, 0.1) is 0 Å². The number of rotatable bonds is 5. The molecule has 2 aliphatic rings. The van der Waals surface area contributed by atoms with Crippen molar-refractivity contribution in [1.29, 1.82) is 0 Å². The van der Waals surface area contributed by atoms with Gasteiger partial charge < -0.3 is 10.2 Å². The number of carbonyl (C=O) groups is 1. The standard InChI is InChI=1S/C18H26N4O/c1-2-15-12-17(20-13-19-15)22-9-7-16(8-10-22)21-18(23)11-14-5-3-4-6-14/h3,5,12-14,16H,2,4,6-11H2,1H3,(H,21,23)/t14-/m1/s1. The molecule has 2 heterocycles. The fourth-order valence-corrected chi connectivity index (χ4v) is 3.39. The first-order chi connectivity index (χ1) is 11.2. The smallest absolute Gasteiger partial charge is 0.220 e. The van der Waals surface area contributed by atoms with Crippen LogP contribution in [0.5, 0.6) is 0 Å². The summed E-state index contributed by atoms with van der Waals surface area (Å²) in [7, 11) is 0. The summed E-state index contributed by atoms with van der Waals surface area (Å²) in [4.78, 5) is 23.1. The average molecular weight is 314 g/mol. The van der Waals surface area contributed by atoms with Gasteiger partial charge in [-0.15, -0.1) is 0 Å². The maximum Gasteiger partial charge on any atom is 0.220 e. The molecular weight excluding hydrogens is 288 g/mol. The molecule has 23 heavy (non-hydrogen) atoms. The van der Waals surface area contributed by atoms with Crippen molar-refractivity contribution in [2.75, 3.05) is 18.0 Å². The molecule has 1 aliphatic heterocycles. The molecule has 1 aliphatic carbocycles. The normalized spacial score (nSPS) is 21.6. The van der Waals surface area contributed by atoms with Crippen molar-refractivity contribution >= 4 is 11.7 Å². The summed E-state index contributed by atoms with van der Waals surface area (Å²) >= 11 is 0. The van der Waals surface area contributed by atoms with E-state index < -0.39 is 0 Å². The zero-order chi connectivity index (χ0) is 16.1. The van der Waals surface area contributed by atoms with Crippen LogP contribution in [0.2, 0.25) is 0 Å². The lowest BCUT2D eigenvalue weighted by Gasteiger charge is -2.33. The van der Waals surface area contributed by atoms with E-state index >= 15 is 0 Å². The second-order valence-electron chi connectivity index (χ2n) is 6.52. The van der Waals surface area contributed by atoms with Crippen molar-refractivity contribution in [3.8, 4) is 0 Å². The minimum absolute atomic E-state index is 0.204. The van der Waals surface area contributed by atoms with Gasteiger partial charge in [0.25, 0.3) is 0 Å². The van der Waals surface area contributed by atoms with Gasteiger partial charge in [-0.25, -0.2) is 9.97 Å². The number of anilines is 1. The first-order valence-electron chi connectivity index (χ1n) is 8.76. The monoisotopic (exact) mass is 314 g/mol. The Balaban J connectivity index is 1.46. The molecule has 124 valence electrons. The van der Waals surface area contributed by atoms with Crippen LogP contribution < -0.4 is 10.2 Å². The Morgan fingerprint density at radius 2 is 2.13 bits per heavy atom. The minimum atomic E-state index is 0.204. The van der Waals surface area contributed by atoms with E-state index in [1.807, 2.05) is 0 Å². The van der Waals surface area contributed by atoms with Gasteiger partial charge >= 0.3 is 0 Å². The van der Waals surface area contributed by atoms with E-state index in [0.29, 0.717) is 18.4 Å². The summed E-state index contributed by atoms with van der Waals surface area (Å²) in [6, 6.07) is 2.38. The highest BCUT2D eigenvalue weighted by atomic mass is 16.1. The molecule has 5 nitrogen and oxygen atoms in total. The molecule has 5 heteroatoms. The van der Waals surface area contributed by atoms with E-state index in [4.69, 9.17) is 0 Å². The number of hydrogen-bond acceptors (Lipinski definition) is 4. The summed E-state index contributed by atoms with van der Waals surface area (Å²) in [5.41, 5.74) is 1.08. The van der Waals surface area contributed by atoms with E-state index in [2.05, 4.69) is 45.3 Å². The van der Waals surface area contributed by atoms with Crippen molar-refractivity contribution in [3.63, 3.8) is 0 Å². The number of nitrogens with zero attached hydrogens (tertiary/aromatic N) is 3. The van der Waals surface area contributed by atoms with Crippen LogP contribution in [0.4, 0.5) is 5.82 Å². The molecule has 1 fully saturated rings. The first-order valence-corrected chi connectivity index (χ1v) is 8.76. The Bertz CT molecular complexity index is 564.